The Labute approximate surface area is 156 Å². The molecule has 1 N–H and O–H groups in total. The van der Waals surface area contributed by atoms with E-state index in [1.54, 1.807) is 30.3 Å². The first kappa shape index (κ1) is 18.1. The number of rotatable bonds is 4. The highest BCUT2D eigenvalue weighted by molar-refractivity contribution is 9.10. The van der Waals surface area contributed by atoms with Crippen LogP contribution in [0.3, 0.4) is 0 Å². The van der Waals surface area contributed by atoms with E-state index < -0.39 is 10.0 Å². The van der Waals surface area contributed by atoms with Gasteiger partial charge in [0, 0.05) is 23.2 Å². The predicted octanol–water partition coefficient (Wildman–Crippen LogP) is 3.49. The molecule has 1 fully saturated rings. The lowest BCUT2D eigenvalue weighted by molar-refractivity contribution is -0.120. The Bertz CT molecular complexity index is 856. The average molecular weight is 423 g/mol. The highest BCUT2D eigenvalue weighted by atomic mass is 79.9. The molecule has 7 heteroatoms. The van der Waals surface area contributed by atoms with Crippen LogP contribution in [0.15, 0.2) is 64.0 Å². The summed E-state index contributed by atoms with van der Waals surface area (Å²) >= 11 is 3.37. The Morgan fingerprint density at radius 3 is 2.60 bits per heavy atom. The normalized spacial score (nSPS) is 18.7. The van der Waals surface area contributed by atoms with Gasteiger partial charge in [-0.2, -0.15) is 4.31 Å². The molecular formula is C18H19BrN2O3S. The molecular weight excluding hydrogens is 404 g/mol. The zero-order valence-electron chi connectivity index (χ0n) is 13.6. The fraction of sp³-hybridized carbons (Fsp3) is 0.278. The average Bonchev–Trinajstić information content (AvgIpc) is 2.62. The van der Waals surface area contributed by atoms with Crippen LogP contribution >= 0.6 is 15.9 Å². The molecule has 1 aliphatic heterocycles. The van der Waals surface area contributed by atoms with Gasteiger partial charge in [0.15, 0.2) is 0 Å². The van der Waals surface area contributed by atoms with Crippen molar-refractivity contribution >= 4 is 37.5 Å². The summed E-state index contributed by atoms with van der Waals surface area (Å²) in [5.74, 6) is -0.503. The topological polar surface area (TPSA) is 66.5 Å². The fourth-order valence-corrected chi connectivity index (χ4v) is 4.87. The van der Waals surface area contributed by atoms with Crippen molar-refractivity contribution in [1.29, 1.82) is 0 Å². The molecule has 0 radical (unpaired) electrons. The molecule has 132 valence electrons. The summed E-state index contributed by atoms with van der Waals surface area (Å²) in [5, 5.41) is 2.87. The molecule has 1 amide bonds. The number of hydrogen-bond acceptors (Lipinski definition) is 3. The summed E-state index contributed by atoms with van der Waals surface area (Å²) in [5.41, 5.74) is 0.697. The van der Waals surface area contributed by atoms with E-state index in [1.807, 2.05) is 24.3 Å². The third-order valence-corrected chi connectivity index (χ3v) is 6.60. The second kappa shape index (κ2) is 7.68. The van der Waals surface area contributed by atoms with E-state index in [2.05, 4.69) is 21.2 Å². The van der Waals surface area contributed by atoms with E-state index in [1.165, 1.54) is 4.31 Å². The van der Waals surface area contributed by atoms with Gasteiger partial charge < -0.3 is 5.32 Å². The van der Waals surface area contributed by atoms with Crippen LogP contribution in [0.25, 0.3) is 0 Å². The zero-order valence-corrected chi connectivity index (χ0v) is 16.0. The summed E-state index contributed by atoms with van der Waals surface area (Å²) in [6, 6.07) is 15.7. The van der Waals surface area contributed by atoms with Gasteiger partial charge in [-0.05, 0) is 43.2 Å². The lowest BCUT2D eigenvalue weighted by atomic mass is 9.99. The highest BCUT2D eigenvalue weighted by Gasteiger charge is 2.33. The fourth-order valence-electron chi connectivity index (χ4n) is 2.93. The van der Waals surface area contributed by atoms with Gasteiger partial charge in [0.25, 0.3) is 0 Å². The number of nitrogens with zero attached hydrogens (tertiary/aromatic N) is 1. The van der Waals surface area contributed by atoms with E-state index in [0.717, 1.165) is 4.47 Å². The van der Waals surface area contributed by atoms with Crippen LogP contribution in [0.2, 0.25) is 0 Å². The molecule has 0 saturated carbocycles. The summed E-state index contributed by atoms with van der Waals surface area (Å²) in [6.07, 6.45) is 1.35. The number of nitrogens with one attached hydrogen (secondary N) is 1. The number of sulfonamides is 1. The number of piperidine rings is 1. The Morgan fingerprint density at radius 2 is 1.88 bits per heavy atom. The first-order valence-electron chi connectivity index (χ1n) is 8.08. The summed E-state index contributed by atoms with van der Waals surface area (Å²) in [7, 11) is -3.56. The lowest BCUT2D eigenvalue weighted by Gasteiger charge is -2.31. The molecule has 1 unspecified atom stereocenters. The third-order valence-electron chi connectivity index (χ3n) is 4.23. The molecule has 0 spiro atoms. The molecule has 2 aromatic carbocycles. The molecule has 3 rings (SSSR count). The smallest absolute Gasteiger partial charge is 0.243 e. The Kier molecular flexibility index (Phi) is 5.56. The van der Waals surface area contributed by atoms with E-state index in [-0.39, 0.29) is 23.3 Å². The monoisotopic (exact) mass is 422 g/mol. The third kappa shape index (κ3) is 4.29. The number of carbonyl (C=O) groups is 1. The van der Waals surface area contributed by atoms with Gasteiger partial charge in [0.1, 0.15) is 0 Å². The first-order chi connectivity index (χ1) is 12.0. The second-order valence-corrected chi connectivity index (χ2v) is 8.87. The maximum absolute atomic E-state index is 12.7. The highest BCUT2D eigenvalue weighted by Crippen LogP contribution is 2.25. The molecule has 1 saturated heterocycles. The van der Waals surface area contributed by atoms with Gasteiger partial charge in [-0.3, -0.25) is 4.79 Å². The van der Waals surface area contributed by atoms with E-state index in [9.17, 15) is 13.2 Å². The number of hydrogen-bond donors (Lipinski definition) is 1. The van der Waals surface area contributed by atoms with Gasteiger partial charge in [0.05, 0.1) is 10.8 Å². The van der Waals surface area contributed by atoms with Gasteiger partial charge in [-0.1, -0.05) is 40.2 Å². The van der Waals surface area contributed by atoms with E-state index in [4.69, 9.17) is 0 Å². The molecule has 0 aliphatic carbocycles. The second-order valence-electron chi connectivity index (χ2n) is 6.01. The van der Waals surface area contributed by atoms with Gasteiger partial charge in [0.2, 0.25) is 15.9 Å². The summed E-state index contributed by atoms with van der Waals surface area (Å²) in [4.78, 5) is 12.8. The zero-order chi connectivity index (χ0) is 17.9. The molecule has 5 nitrogen and oxygen atoms in total. The number of anilines is 1. The largest absolute Gasteiger partial charge is 0.326 e. The molecule has 25 heavy (non-hydrogen) atoms. The predicted molar refractivity (Wildman–Crippen MR) is 101 cm³/mol. The Hall–Kier alpha value is -1.70. The Balaban J connectivity index is 1.71. The molecule has 0 bridgehead atoms. The molecule has 0 aromatic heterocycles. The number of halogens is 1. The summed E-state index contributed by atoms with van der Waals surface area (Å²) in [6.45, 7) is 0.648. The first-order valence-corrected chi connectivity index (χ1v) is 10.3. The molecule has 1 aliphatic rings. The van der Waals surface area contributed by atoms with Gasteiger partial charge >= 0.3 is 0 Å². The van der Waals surface area contributed by atoms with Crippen molar-refractivity contribution < 1.29 is 13.2 Å². The van der Waals surface area contributed by atoms with Crippen molar-refractivity contribution in [3.8, 4) is 0 Å². The van der Waals surface area contributed by atoms with Crippen LogP contribution in [-0.4, -0.2) is 31.7 Å². The lowest BCUT2D eigenvalue weighted by Crippen LogP contribution is -2.43. The van der Waals surface area contributed by atoms with Crippen LogP contribution in [0, 0.1) is 5.92 Å². The van der Waals surface area contributed by atoms with Gasteiger partial charge in [-0.25, -0.2) is 8.42 Å². The van der Waals surface area contributed by atoms with E-state index in [0.29, 0.717) is 25.1 Å². The minimum Gasteiger partial charge on any atom is -0.326 e. The van der Waals surface area contributed by atoms with Crippen molar-refractivity contribution in [3.63, 3.8) is 0 Å². The quantitative estimate of drug-likeness (QED) is 0.819. The van der Waals surface area contributed by atoms with Crippen LogP contribution < -0.4 is 5.32 Å². The maximum atomic E-state index is 12.7. The molecule has 1 atom stereocenters. The standard InChI is InChI=1S/C18H19BrN2O3S/c19-15-7-4-8-16(12-15)20-18(22)14-6-5-11-21(13-14)25(23,24)17-9-2-1-3-10-17/h1-4,7-10,12,14H,5-6,11,13H2,(H,20,22). The van der Waals surface area contributed by atoms with Crippen LogP contribution in [-0.2, 0) is 14.8 Å². The van der Waals surface area contributed by atoms with Crippen LogP contribution in [0.1, 0.15) is 12.8 Å². The van der Waals surface area contributed by atoms with Gasteiger partial charge in [-0.15, -0.1) is 0 Å². The maximum Gasteiger partial charge on any atom is 0.243 e. The van der Waals surface area contributed by atoms with E-state index >= 15 is 0 Å². The van der Waals surface area contributed by atoms with Crippen LogP contribution in [0.5, 0.6) is 0 Å². The minimum absolute atomic E-state index is 0.147. The SMILES string of the molecule is O=C(Nc1cccc(Br)c1)C1CCCN(S(=O)(=O)c2ccccc2)C1. The minimum atomic E-state index is -3.56. The van der Waals surface area contributed by atoms with Crippen molar-refractivity contribution in [2.45, 2.75) is 17.7 Å². The number of carbonyl (C=O) groups excluding carboxylic acids is 1. The van der Waals surface area contributed by atoms with Crippen molar-refractivity contribution in [2.24, 2.45) is 5.92 Å². The van der Waals surface area contributed by atoms with Crippen molar-refractivity contribution in [1.82, 2.24) is 4.31 Å². The summed E-state index contributed by atoms with van der Waals surface area (Å²) < 4.78 is 27.8. The Morgan fingerprint density at radius 1 is 1.12 bits per heavy atom. The van der Waals surface area contributed by atoms with Crippen molar-refractivity contribution in [2.75, 3.05) is 18.4 Å². The molecule has 2 aromatic rings. The van der Waals surface area contributed by atoms with Crippen LogP contribution in [0.4, 0.5) is 5.69 Å². The number of benzene rings is 2. The number of amides is 1. The molecule has 1 heterocycles. The van der Waals surface area contributed by atoms with Crippen molar-refractivity contribution in [3.05, 3.63) is 59.1 Å².